The number of nitrogens with zero attached hydrogens (tertiary/aromatic N) is 7. The zero-order valence-electron chi connectivity index (χ0n) is 37.6. The molecule has 2 aromatic heterocycles. The van der Waals surface area contributed by atoms with Gasteiger partial charge >= 0.3 is 11.2 Å². The Morgan fingerprint density at radius 3 is 1.83 bits per heavy atom. The minimum atomic E-state index is -0.988. The van der Waals surface area contributed by atoms with E-state index < -0.39 is 42.0 Å². The van der Waals surface area contributed by atoms with Gasteiger partial charge in [-0.05, 0) is 92.2 Å². The Balaban J connectivity index is 0.906. The molecular formula is C47H58N10O7S+2. The molecule has 0 spiro atoms. The first-order valence-electron chi connectivity index (χ1n) is 22.3. The van der Waals surface area contributed by atoms with E-state index in [1.165, 1.54) is 23.6 Å². The van der Waals surface area contributed by atoms with Crippen LogP contribution in [0.1, 0.15) is 51.0 Å². The van der Waals surface area contributed by atoms with Crippen molar-refractivity contribution in [3.63, 3.8) is 0 Å². The highest BCUT2D eigenvalue weighted by Gasteiger charge is 2.46. The Morgan fingerprint density at radius 2 is 1.25 bits per heavy atom. The molecule has 4 N–H and O–H groups in total. The summed E-state index contributed by atoms with van der Waals surface area (Å²) in [6.07, 6.45) is 3.20. The summed E-state index contributed by atoms with van der Waals surface area (Å²) in [7, 11) is 7.77. The Labute approximate surface area is 381 Å². The highest BCUT2D eigenvalue weighted by molar-refractivity contribution is 7.99. The maximum Gasteiger partial charge on any atom is 0.462 e. The van der Waals surface area contributed by atoms with Crippen LogP contribution in [-0.2, 0) is 63.4 Å². The van der Waals surface area contributed by atoms with E-state index in [4.69, 9.17) is 10.5 Å². The van der Waals surface area contributed by atoms with Gasteiger partial charge in [0.15, 0.2) is 22.1 Å². The number of fused-ring (bicyclic) bond motifs is 2. The summed E-state index contributed by atoms with van der Waals surface area (Å²) in [5.74, 6) is -1.72. The van der Waals surface area contributed by atoms with Crippen molar-refractivity contribution in [3.05, 3.63) is 78.4 Å². The Kier molecular flexibility index (Phi) is 13.2. The maximum absolute atomic E-state index is 14.4. The van der Waals surface area contributed by atoms with Gasteiger partial charge in [0.25, 0.3) is 0 Å². The Hall–Kier alpha value is -6.43. The summed E-state index contributed by atoms with van der Waals surface area (Å²) in [5, 5.41) is 6.53. The first kappa shape index (κ1) is 45.1. The van der Waals surface area contributed by atoms with E-state index in [9.17, 15) is 28.8 Å². The van der Waals surface area contributed by atoms with Crippen LogP contribution in [0, 0.1) is 0 Å². The van der Waals surface area contributed by atoms with Gasteiger partial charge in [-0.3, -0.25) is 28.8 Å². The number of imidazole rings is 2. The number of nitrogens with one attached hydrogen (secondary N) is 2. The molecule has 18 heteroatoms. The van der Waals surface area contributed by atoms with Gasteiger partial charge in [-0.25, -0.2) is 9.13 Å². The van der Waals surface area contributed by atoms with Gasteiger partial charge in [0.05, 0.1) is 28.2 Å². The van der Waals surface area contributed by atoms with Gasteiger partial charge in [0.1, 0.15) is 36.0 Å². The molecule has 0 unspecified atom stereocenters. The molecule has 3 aliphatic rings. The predicted molar refractivity (Wildman–Crippen MR) is 242 cm³/mol. The normalized spacial score (nSPS) is 19.5. The largest absolute Gasteiger partial charge is 0.462 e. The maximum atomic E-state index is 14.4. The second kappa shape index (κ2) is 19.0. The molecule has 342 valence electrons. The predicted octanol–water partition coefficient (Wildman–Crippen LogP) is 1.89. The van der Waals surface area contributed by atoms with Gasteiger partial charge in [-0.1, -0.05) is 36.4 Å². The average molecular weight is 907 g/mol. The summed E-state index contributed by atoms with van der Waals surface area (Å²) in [5.41, 5.74) is 10.7. The van der Waals surface area contributed by atoms with Crippen molar-refractivity contribution in [1.82, 2.24) is 34.5 Å². The molecule has 6 amide bonds. The number of amides is 6. The van der Waals surface area contributed by atoms with Crippen LogP contribution in [0.5, 0.6) is 11.8 Å². The lowest BCUT2D eigenvalue weighted by Gasteiger charge is -2.35. The van der Waals surface area contributed by atoms with Crippen molar-refractivity contribution in [2.24, 2.45) is 33.9 Å². The molecule has 3 aliphatic heterocycles. The molecule has 8 rings (SSSR count). The SMILES string of the molecule is CC(=O)N[C@@H](Cc1ccc(Oc2n(C)c3ccccc3[n+]2C)cc1)C(=O)N1CCC[C@H]1C(=O)N1CCC[C@H]1C(=O)N1CCC[C@H]1C(=O)N[C@@H](CSc1n(C)c2ccccc2[n+]1C)C(N)=O. The van der Waals surface area contributed by atoms with Crippen molar-refractivity contribution in [3.8, 4) is 11.8 Å². The Morgan fingerprint density at radius 1 is 0.708 bits per heavy atom. The van der Waals surface area contributed by atoms with E-state index in [-0.39, 0.29) is 35.8 Å². The summed E-state index contributed by atoms with van der Waals surface area (Å²) < 4.78 is 14.3. The molecule has 3 fully saturated rings. The van der Waals surface area contributed by atoms with Crippen LogP contribution in [0.3, 0.4) is 0 Å². The number of ether oxygens (including phenoxy) is 1. The molecule has 5 heterocycles. The minimum absolute atomic E-state index is 0.191. The number of nitrogens with two attached hydrogens (primary N) is 1. The van der Waals surface area contributed by atoms with Crippen LogP contribution >= 0.6 is 11.8 Å². The molecule has 0 aliphatic carbocycles. The second-order valence-corrected chi connectivity index (χ2v) is 18.3. The number of carbonyl (C=O) groups excluding carboxylic acids is 6. The molecule has 5 atom stereocenters. The van der Waals surface area contributed by atoms with Crippen molar-refractivity contribution >= 4 is 69.3 Å². The number of hydrogen-bond acceptors (Lipinski definition) is 8. The van der Waals surface area contributed by atoms with Crippen LogP contribution in [0.2, 0.25) is 0 Å². The molecule has 17 nitrogen and oxygen atoms in total. The zero-order valence-corrected chi connectivity index (χ0v) is 38.4. The van der Waals surface area contributed by atoms with Crippen molar-refractivity contribution in [2.75, 3.05) is 25.4 Å². The molecule has 65 heavy (non-hydrogen) atoms. The van der Waals surface area contributed by atoms with Gasteiger partial charge < -0.3 is 35.8 Å². The summed E-state index contributed by atoms with van der Waals surface area (Å²) >= 11 is 1.40. The summed E-state index contributed by atoms with van der Waals surface area (Å²) in [4.78, 5) is 86.7. The monoisotopic (exact) mass is 906 g/mol. The lowest BCUT2D eigenvalue weighted by molar-refractivity contribution is -0.685. The molecule has 0 radical (unpaired) electrons. The van der Waals surface area contributed by atoms with E-state index >= 15 is 0 Å². The number of likely N-dealkylation sites (tertiary alicyclic amines) is 3. The highest BCUT2D eigenvalue weighted by atomic mass is 32.2. The van der Waals surface area contributed by atoms with E-state index in [1.54, 1.807) is 9.80 Å². The van der Waals surface area contributed by atoms with Crippen molar-refractivity contribution in [2.45, 2.75) is 87.2 Å². The number of primary amides is 1. The third-order valence-corrected chi connectivity index (χ3v) is 14.4. The number of para-hydroxylation sites is 4. The number of carbonyl (C=O) groups is 6. The Bertz CT molecular complexity index is 2580. The standard InChI is InChI=1S/C47H56N10O7S/c1-29(58)49-32(27-30-20-22-31(23-21-30)64-46-51(2)34-13-6-7-14-35(34)52(46)3)43(61)56-25-11-18-39(56)45(63)57-26-12-19-40(57)44(62)55-24-10-17-38(55)42(60)50-33(41(48)59)28-65-47-53(4)36-15-8-9-16-37(36)54(47)5/h6-9,13-16,20-23,32-33,38-40H,10-12,17-19,24-28H2,1-5H3,(H2-2,48,49,50,58,59,60)/p+2/t32-,33-,38-,39-,40-/m0/s1. The third kappa shape index (κ3) is 9.00. The van der Waals surface area contributed by atoms with Crippen LogP contribution in [-0.4, -0.2) is 115 Å². The van der Waals surface area contributed by atoms with Crippen molar-refractivity contribution in [1.29, 1.82) is 0 Å². The smallest absolute Gasteiger partial charge is 0.392 e. The third-order valence-electron chi connectivity index (χ3n) is 13.1. The second-order valence-electron chi connectivity index (χ2n) is 17.3. The molecule has 3 aromatic carbocycles. The van der Waals surface area contributed by atoms with Crippen LogP contribution < -0.4 is 30.2 Å². The molecule has 5 aromatic rings. The van der Waals surface area contributed by atoms with Crippen LogP contribution in [0.25, 0.3) is 22.1 Å². The van der Waals surface area contributed by atoms with E-state index in [1.807, 2.05) is 119 Å². The average Bonchev–Trinajstić information content (AvgIpc) is 4.16. The van der Waals surface area contributed by atoms with Crippen molar-refractivity contribution < 1.29 is 42.6 Å². The fraction of sp³-hybridized carbons (Fsp3) is 0.447. The molecule has 0 bridgehead atoms. The highest BCUT2D eigenvalue weighted by Crippen LogP contribution is 2.30. The number of hydrogen-bond donors (Lipinski definition) is 3. The summed E-state index contributed by atoms with van der Waals surface area (Å²) in [6.45, 7) is 2.36. The van der Waals surface area contributed by atoms with Crippen LogP contribution in [0.15, 0.2) is 78.0 Å². The van der Waals surface area contributed by atoms with Crippen LogP contribution in [0.4, 0.5) is 0 Å². The zero-order chi connectivity index (χ0) is 46.1. The minimum Gasteiger partial charge on any atom is -0.392 e. The fourth-order valence-electron chi connectivity index (χ4n) is 9.82. The molecular weight excluding hydrogens is 849 g/mol. The van der Waals surface area contributed by atoms with Gasteiger partial charge in [-0.15, -0.1) is 0 Å². The van der Waals surface area contributed by atoms with Gasteiger partial charge in [0.2, 0.25) is 35.4 Å². The number of benzene rings is 3. The van der Waals surface area contributed by atoms with Gasteiger partial charge in [0, 0.05) is 38.7 Å². The van der Waals surface area contributed by atoms with E-state index in [0.29, 0.717) is 69.9 Å². The summed E-state index contributed by atoms with van der Waals surface area (Å²) in [6, 6.07) is 19.6. The lowest BCUT2D eigenvalue weighted by Crippen LogP contribution is -2.58. The fourth-order valence-corrected chi connectivity index (χ4v) is 11.0. The topological polar surface area (TPSA) is 189 Å². The number of thioether (sulfide) groups is 1. The van der Waals surface area contributed by atoms with E-state index in [0.717, 1.165) is 32.8 Å². The lowest BCUT2D eigenvalue weighted by atomic mass is 10.0. The van der Waals surface area contributed by atoms with E-state index in [2.05, 4.69) is 10.6 Å². The quantitative estimate of drug-likeness (QED) is 0.111. The molecule has 0 saturated carbocycles. The first-order chi connectivity index (χ1) is 31.2. The molecule has 3 saturated heterocycles. The number of rotatable bonds is 14. The first-order valence-corrected chi connectivity index (χ1v) is 23.3. The van der Waals surface area contributed by atoms with Gasteiger partial charge in [-0.2, -0.15) is 9.13 Å². The number of aryl methyl sites for hydroxylation is 4. The number of aromatic nitrogens is 4.